The van der Waals surface area contributed by atoms with Crippen LogP contribution >= 0.6 is 0 Å². The van der Waals surface area contributed by atoms with Crippen LogP contribution in [-0.4, -0.2) is 32.4 Å². The molecule has 1 saturated heterocycles. The molecule has 0 aliphatic carbocycles. The molecule has 1 fully saturated rings. The van der Waals surface area contributed by atoms with Crippen LogP contribution in [0.25, 0.3) is 11.0 Å². The predicted octanol–water partition coefficient (Wildman–Crippen LogP) is 3.60. The van der Waals surface area contributed by atoms with Crippen molar-refractivity contribution in [2.45, 2.75) is 38.7 Å². The van der Waals surface area contributed by atoms with E-state index in [-0.39, 0.29) is 23.3 Å². The topological polar surface area (TPSA) is 59.3 Å². The second-order valence-corrected chi connectivity index (χ2v) is 8.44. The van der Waals surface area contributed by atoms with Crippen LogP contribution in [0.3, 0.4) is 0 Å². The maximum Gasteiger partial charge on any atom is 0.242 e. The Morgan fingerprint density at radius 2 is 2.04 bits per heavy atom. The van der Waals surface area contributed by atoms with Gasteiger partial charge >= 0.3 is 0 Å². The van der Waals surface area contributed by atoms with Crippen molar-refractivity contribution in [3.05, 3.63) is 29.5 Å². The molecule has 0 spiro atoms. The molecule has 0 amide bonds. The average molecular weight is 367 g/mol. The molecule has 1 N–H and O–H groups in total. The molecule has 25 heavy (non-hydrogen) atoms. The molecule has 0 unspecified atom stereocenters. The third-order valence-electron chi connectivity index (χ3n) is 4.33. The molecule has 2 heterocycles. The summed E-state index contributed by atoms with van der Waals surface area (Å²) in [6, 6.07) is 5.34. The van der Waals surface area contributed by atoms with Crippen molar-refractivity contribution in [1.29, 1.82) is 0 Å². The lowest BCUT2D eigenvalue weighted by Gasteiger charge is -2.24. The number of benzene rings is 1. The minimum absolute atomic E-state index is 0.0125. The van der Waals surface area contributed by atoms with Crippen LogP contribution in [0.4, 0.5) is 14.5 Å². The Balaban J connectivity index is 1.95. The van der Waals surface area contributed by atoms with E-state index in [1.807, 2.05) is 6.07 Å². The molecule has 3 rings (SSSR count). The van der Waals surface area contributed by atoms with E-state index in [4.69, 9.17) is 4.42 Å². The van der Waals surface area contributed by atoms with Gasteiger partial charge in [-0.05, 0) is 31.8 Å². The molecule has 0 atom stereocenters. The summed E-state index contributed by atoms with van der Waals surface area (Å²) < 4.78 is 54.7. The van der Waals surface area contributed by atoms with Gasteiger partial charge in [-0.2, -0.15) is 0 Å². The lowest BCUT2D eigenvalue weighted by atomic mass is 10.1. The summed E-state index contributed by atoms with van der Waals surface area (Å²) in [5, 5.41) is 3.92. The highest BCUT2D eigenvalue weighted by atomic mass is 32.2. The van der Waals surface area contributed by atoms with Gasteiger partial charge in [-0.3, -0.25) is 0 Å². The van der Waals surface area contributed by atoms with E-state index in [9.17, 15) is 17.2 Å². The number of fused-ring (bicyclic) bond motifs is 1. The summed E-state index contributed by atoms with van der Waals surface area (Å²) in [6.07, 6.45) is -1.86. The smallest absolute Gasteiger partial charge is 0.242 e. The quantitative estimate of drug-likeness (QED) is 0.839. The number of rotatable bonds is 4. The van der Waals surface area contributed by atoms with Crippen molar-refractivity contribution in [2.75, 3.05) is 16.8 Å². The van der Waals surface area contributed by atoms with E-state index >= 15 is 0 Å². The fourth-order valence-electron chi connectivity index (χ4n) is 3.11. The zero-order valence-corrected chi connectivity index (χ0v) is 14.6. The van der Waals surface area contributed by atoms with E-state index < -0.39 is 22.7 Å². The SMILES string of the molecule is CC#Cc1oc2c(NC3CCS(=O)(=O)CC3)cccc2c1CC(F)F. The number of para-hydroxylation sites is 1. The Morgan fingerprint density at radius 3 is 2.68 bits per heavy atom. The summed E-state index contributed by atoms with van der Waals surface area (Å²) >= 11 is 0. The minimum Gasteiger partial charge on any atom is -0.445 e. The number of hydrogen-bond acceptors (Lipinski definition) is 4. The minimum atomic E-state index is -2.94. The van der Waals surface area contributed by atoms with E-state index in [1.54, 1.807) is 19.1 Å². The van der Waals surface area contributed by atoms with Gasteiger partial charge in [0.25, 0.3) is 0 Å². The summed E-state index contributed by atoms with van der Waals surface area (Å²) in [5.74, 6) is 6.02. The Kier molecular flexibility index (Phi) is 5.00. The van der Waals surface area contributed by atoms with Gasteiger partial charge in [0.1, 0.15) is 9.84 Å². The predicted molar refractivity (Wildman–Crippen MR) is 93.8 cm³/mol. The van der Waals surface area contributed by atoms with Crippen molar-refractivity contribution in [1.82, 2.24) is 0 Å². The van der Waals surface area contributed by atoms with Gasteiger partial charge in [-0.25, -0.2) is 17.2 Å². The van der Waals surface area contributed by atoms with Gasteiger partial charge in [-0.1, -0.05) is 18.1 Å². The summed E-state index contributed by atoms with van der Waals surface area (Å²) in [4.78, 5) is 0. The van der Waals surface area contributed by atoms with E-state index in [1.165, 1.54) is 0 Å². The van der Waals surface area contributed by atoms with E-state index in [0.717, 1.165) is 0 Å². The summed E-state index contributed by atoms with van der Waals surface area (Å²) in [5.41, 5.74) is 1.58. The number of alkyl halides is 2. The van der Waals surface area contributed by atoms with Gasteiger partial charge in [-0.15, -0.1) is 0 Å². The lowest BCUT2D eigenvalue weighted by molar-refractivity contribution is 0.149. The third-order valence-corrected chi connectivity index (χ3v) is 6.05. The second kappa shape index (κ2) is 7.04. The first kappa shape index (κ1) is 17.7. The highest BCUT2D eigenvalue weighted by molar-refractivity contribution is 7.91. The highest BCUT2D eigenvalue weighted by Crippen LogP contribution is 2.33. The Labute approximate surface area is 145 Å². The number of nitrogens with one attached hydrogen (secondary N) is 1. The largest absolute Gasteiger partial charge is 0.445 e. The molecule has 2 aromatic rings. The van der Waals surface area contributed by atoms with Crippen molar-refractivity contribution >= 4 is 26.5 Å². The van der Waals surface area contributed by atoms with Crippen molar-refractivity contribution in [3.8, 4) is 11.8 Å². The van der Waals surface area contributed by atoms with Crippen molar-refractivity contribution in [3.63, 3.8) is 0 Å². The number of anilines is 1. The Bertz CT molecular complexity index is 924. The second-order valence-electron chi connectivity index (χ2n) is 6.13. The average Bonchev–Trinajstić information content (AvgIpc) is 2.88. The summed E-state index contributed by atoms with van der Waals surface area (Å²) in [6.45, 7) is 1.63. The van der Waals surface area contributed by atoms with Crippen LogP contribution in [0.2, 0.25) is 0 Å². The molecule has 0 saturated carbocycles. The first-order valence-electron chi connectivity index (χ1n) is 8.12. The lowest BCUT2D eigenvalue weighted by Crippen LogP contribution is -2.32. The highest BCUT2D eigenvalue weighted by Gasteiger charge is 2.25. The third kappa shape index (κ3) is 3.96. The molecule has 134 valence electrons. The fourth-order valence-corrected chi connectivity index (χ4v) is 4.60. The molecule has 4 nitrogen and oxygen atoms in total. The van der Waals surface area contributed by atoms with Crippen LogP contribution in [0.15, 0.2) is 22.6 Å². The monoisotopic (exact) mass is 367 g/mol. The molecule has 0 bridgehead atoms. The van der Waals surface area contributed by atoms with Gasteiger partial charge in [0, 0.05) is 23.4 Å². The van der Waals surface area contributed by atoms with Gasteiger partial charge in [0.2, 0.25) is 6.43 Å². The maximum atomic E-state index is 12.9. The summed E-state index contributed by atoms with van der Waals surface area (Å²) in [7, 11) is -2.94. The molecule has 0 radical (unpaired) electrons. The Morgan fingerprint density at radius 1 is 1.32 bits per heavy atom. The standard InChI is InChI=1S/C18H19F2NO3S/c1-2-4-16-14(11-17(19)20)13-5-3-6-15(18(13)24-16)21-12-7-9-25(22,23)10-8-12/h3,5-6,12,17,21H,7-11H2,1H3. The van der Waals surface area contributed by atoms with Gasteiger partial charge in [0.05, 0.1) is 17.2 Å². The van der Waals surface area contributed by atoms with E-state index in [2.05, 4.69) is 17.2 Å². The molecule has 1 aromatic heterocycles. The maximum absolute atomic E-state index is 12.9. The number of hydrogen-bond donors (Lipinski definition) is 1. The number of halogens is 2. The molecule has 1 aromatic carbocycles. The molecule has 1 aliphatic rings. The first-order valence-corrected chi connectivity index (χ1v) is 9.94. The number of sulfone groups is 1. The molecular formula is C18H19F2NO3S. The van der Waals surface area contributed by atoms with Gasteiger partial charge in [0.15, 0.2) is 11.3 Å². The van der Waals surface area contributed by atoms with Crippen LogP contribution in [0, 0.1) is 11.8 Å². The van der Waals surface area contributed by atoms with Crippen LogP contribution in [0.1, 0.15) is 31.1 Å². The molecule has 1 aliphatic heterocycles. The van der Waals surface area contributed by atoms with Gasteiger partial charge < -0.3 is 9.73 Å². The van der Waals surface area contributed by atoms with Crippen LogP contribution in [0.5, 0.6) is 0 Å². The zero-order valence-electron chi connectivity index (χ0n) is 13.8. The normalized spacial score (nSPS) is 17.4. The molecule has 7 heteroatoms. The van der Waals surface area contributed by atoms with Crippen LogP contribution < -0.4 is 5.32 Å². The van der Waals surface area contributed by atoms with E-state index in [0.29, 0.717) is 35.1 Å². The fraction of sp³-hybridized carbons (Fsp3) is 0.444. The number of furan rings is 1. The first-order chi connectivity index (χ1) is 11.9. The zero-order chi connectivity index (χ0) is 18.0. The Hall–Kier alpha value is -2.07. The van der Waals surface area contributed by atoms with Crippen molar-refractivity contribution in [2.24, 2.45) is 0 Å². The molecular weight excluding hydrogens is 348 g/mol. The van der Waals surface area contributed by atoms with Crippen LogP contribution in [-0.2, 0) is 16.3 Å². The van der Waals surface area contributed by atoms with Crippen molar-refractivity contribution < 1.29 is 21.6 Å².